The molecule has 0 spiro atoms. The summed E-state index contributed by atoms with van der Waals surface area (Å²) in [5.41, 5.74) is 26.8. The Bertz CT molecular complexity index is 3480. The zero-order valence-electron chi connectivity index (χ0n) is 44.1. The molecule has 1 heterocycles. The molecule has 0 atom stereocenters. The lowest BCUT2D eigenvalue weighted by atomic mass is 9.76. The zero-order chi connectivity index (χ0) is 49.6. The van der Waals surface area contributed by atoms with Crippen molar-refractivity contribution in [3.8, 4) is 22.3 Å². The van der Waals surface area contributed by atoms with Gasteiger partial charge in [-0.2, -0.15) is 0 Å². The van der Waals surface area contributed by atoms with E-state index in [4.69, 9.17) is 4.42 Å². The molecule has 3 nitrogen and oxygen atoms in total. The molecule has 0 saturated heterocycles. The third-order valence-corrected chi connectivity index (χ3v) is 15.3. The minimum atomic E-state index is -0.330. The van der Waals surface area contributed by atoms with E-state index < -0.39 is 0 Å². The molecule has 0 fully saturated rings. The van der Waals surface area contributed by atoms with Gasteiger partial charge in [0.15, 0.2) is 0 Å². The number of rotatable bonds is 9. The van der Waals surface area contributed by atoms with Gasteiger partial charge in [-0.05, 0) is 179 Å². The van der Waals surface area contributed by atoms with Gasteiger partial charge in [0.25, 0.3) is 0 Å². The Morgan fingerprint density at radius 1 is 0.500 bits per heavy atom. The molecular formula is C67H70N2O. The summed E-state index contributed by atoms with van der Waals surface area (Å²) in [4.78, 5) is 4.91. The Kier molecular flexibility index (Phi) is 11.5. The van der Waals surface area contributed by atoms with Gasteiger partial charge >= 0.3 is 0 Å². The van der Waals surface area contributed by atoms with E-state index in [0.717, 1.165) is 52.1 Å². The lowest BCUT2D eigenvalue weighted by Crippen LogP contribution is -2.19. The van der Waals surface area contributed by atoms with Gasteiger partial charge in [0.05, 0.1) is 0 Å². The first-order valence-electron chi connectivity index (χ1n) is 25.5. The molecular weight excluding hydrogens is 849 g/mol. The largest absolute Gasteiger partial charge is 0.455 e. The van der Waals surface area contributed by atoms with Gasteiger partial charge in [0, 0.05) is 55.9 Å². The number of hydrogen-bond acceptors (Lipinski definition) is 3. The molecule has 10 rings (SSSR count). The van der Waals surface area contributed by atoms with Gasteiger partial charge in [0.2, 0.25) is 0 Å². The van der Waals surface area contributed by atoms with E-state index in [2.05, 4.69) is 252 Å². The number of furan rings is 1. The van der Waals surface area contributed by atoms with Gasteiger partial charge in [0.1, 0.15) is 11.2 Å². The third-order valence-electron chi connectivity index (χ3n) is 15.3. The highest BCUT2D eigenvalue weighted by Crippen LogP contribution is 2.58. The zero-order valence-corrected chi connectivity index (χ0v) is 44.1. The molecule has 1 aliphatic rings. The van der Waals surface area contributed by atoms with E-state index >= 15 is 0 Å². The molecule has 1 aromatic heterocycles. The van der Waals surface area contributed by atoms with Crippen LogP contribution in [0.4, 0.5) is 34.1 Å². The van der Waals surface area contributed by atoms with Gasteiger partial charge in [-0.15, -0.1) is 0 Å². The van der Waals surface area contributed by atoms with Crippen molar-refractivity contribution in [1.82, 2.24) is 0 Å². The lowest BCUT2D eigenvalue weighted by molar-refractivity contribution is 0.590. The van der Waals surface area contributed by atoms with Crippen molar-refractivity contribution in [3.05, 3.63) is 201 Å². The highest BCUT2D eigenvalue weighted by atomic mass is 16.3. The first-order chi connectivity index (χ1) is 33.3. The second-order valence-electron chi connectivity index (χ2n) is 22.7. The fourth-order valence-electron chi connectivity index (χ4n) is 11.6. The summed E-state index contributed by atoms with van der Waals surface area (Å²) in [6.07, 6.45) is 1.76. The average Bonchev–Trinajstić information content (AvgIpc) is 3.82. The van der Waals surface area contributed by atoms with Crippen LogP contribution in [0.25, 0.3) is 44.2 Å². The van der Waals surface area contributed by atoms with Crippen molar-refractivity contribution in [2.45, 2.75) is 126 Å². The van der Waals surface area contributed by atoms with Crippen molar-refractivity contribution in [3.63, 3.8) is 0 Å². The van der Waals surface area contributed by atoms with Crippen LogP contribution in [0.2, 0.25) is 0 Å². The van der Waals surface area contributed by atoms with Crippen LogP contribution in [0.1, 0.15) is 125 Å². The topological polar surface area (TPSA) is 19.6 Å². The summed E-state index contributed by atoms with van der Waals surface area (Å²) < 4.78 is 7.18. The van der Waals surface area contributed by atoms with Crippen LogP contribution in [0.15, 0.2) is 150 Å². The van der Waals surface area contributed by atoms with Crippen LogP contribution in [-0.2, 0) is 29.1 Å². The van der Waals surface area contributed by atoms with E-state index in [0.29, 0.717) is 0 Å². The second kappa shape index (κ2) is 17.2. The normalized spacial score (nSPS) is 13.2. The Morgan fingerprint density at radius 3 is 1.50 bits per heavy atom. The Hall–Kier alpha value is -6.84. The molecule has 0 radical (unpaired) electrons. The summed E-state index contributed by atoms with van der Waals surface area (Å²) in [5.74, 6) is 0. The second-order valence-corrected chi connectivity index (χ2v) is 22.7. The number of nitrogens with zero attached hydrogens (tertiary/aromatic N) is 2. The van der Waals surface area contributed by atoms with Crippen LogP contribution in [-0.4, -0.2) is 0 Å². The molecule has 354 valence electrons. The predicted octanol–water partition coefficient (Wildman–Crippen LogP) is 19.5. The van der Waals surface area contributed by atoms with Crippen LogP contribution >= 0.6 is 0 Å². The molecule has 0 N–H and O–H groups in total. The molecule has 0 aliphatic heterocycles. The molecule has 1 aliphatic carbocycles. The minimum absolute atomic E-state index is 0.0596. The van der Waals surface area contributed by atoms with Crippen LogP contribution in [0.3, 0.4) is 0 Å². The number of aryl methyl sites for hydroxylation is 5. The first kappa shape index (κ1) is 46.9. The Labute approximate surface area is 417 Å². The highest BCUT2D eigenvalue weighted by Gasteiger charge is 2.42. The van der Waals surface area contributed by atoms with Gasteiger partial charge in [-0.3, -0.25) is 0 Å². The van der Waals surface area contributed by atoms with Crippen molar-refractivity contribution in [2.24, 2.45) is 0 Å². The molecule has 0 amide bonds. The standard InChI is InChI=1S/C67H70N2O/c1-15-45-39-50(68(57-35-21-41(3)37-43(57)5)48-27-23-46(24-28-48)65(7,8)9)31-33-53(45)60-52(16-2)63-62(64-61(60)55-19-17-18-20-59(55)70-64)54-34-32-51(40-56(54)67(63,13)14)69(58-36-22-42(4)38-44(58)6)49-29-25-47(26-30-49)66(10,11)12/h17-40H,15-16H2,1-14H3. The van der Waals surface area contributed by atoms with E-state index in [-0.39, 0.29) is 16.2 Å². The van der Waals surface area contributed by atoms with Crippen molar-refractivity contribution >= 4 is 56.1 Å². The van der Waals surface area contributed by atoms with Crippen molar-refractivity contribution < 1.29 is 4.42 Å². The Balaban J connectivity index is 1.18. The monoisotopic (exact) mass is 919 g/mol. The maximum absolute atomic E-state index is 7.18. The SMILES string of the molecule is CCc1cc(N(c2ccc(C(C)(C)C)cc2)c2ccc(C)cc2C)ccc1-c1c(CC)c2c(c3oc4ccccc4c13)-c1ccc(N(c3ccc(C(C)(C)C)cc3)c3ccc(C)cc3C)cc1C2(C)C. The van der Waals surface area contributed by atoms with Crippen molar-refractivity contribution in [1.29, 1.82) is 0 Å². The van der Waals surface area contributed by atoms with E-state index in [1.54, 1.807) is 0 Å². The van der Waals surface area contributed by atoms with Crippen molar-refractivity contribution in [2.75, 3.05) is 9.80 Å². The number of hydrogen-bond donors (Lipinski definition) is 0. The summed E-state index contributed by atoms with van der Waals surface area (Å²) in [7, 11) is 0. The molecule has 0 unspecified atom stereocenters. The van der Waals surface area contributed by atoms with E-state index in [9.17, 15) is 0 Å². The third kappa shape index (κ3) is 7.83. The van der Waals surface area contributed by atoms with Gasteiger partial charge in [-0.25, -0.2) is 0 Å². The number of anilines is 6. The molecule has 70 heavy (non-hydrogen) atoms. The maximum Gasteiger partial charge on any atom is 0.144 e. The molecule has 0 bridgehead atoms. The van der Waals surface area contributed by atoms with Crippen LogP contribution < -0.4 is 9.80 Å². The fraction of sp³-hybridized carbons (Fsp3) is 0.284. The number of para-hydroxylation sites is 1. The first-order valence-corrected chi connectivity index (χ1v) is 25.5. The predicted molar refractivity (Wildman–Crippen MR) is 301 cm³/mol. The summed E-state index contributed by atoms with van der Waals surface area (Å²) in [6, 6.07) is 55.1. The Morgan fingerprint density at radius 2 is 1.00 bits per heavy atom. The van der Waals surface area contributed by atoms with Gasteiger partial charge in [-0.1, -0.05) is 159 Å². The molecule has 8 aromatic carbocycles. The smallest absolute Gasteiger partial charge is 0.144 e. The van der Waals surface area contributed by atoms with Crippen LogP contribution in [0, 0.1) is 27.7 Å². The summed E-state index contributed by atoms with van der Waals surface area (Å²) >= 11 is 0. The summed E-state index contributed by atoms with van der Waals surface area (Å²) in [5, 5.41) is 2.37. The maximum atomic E-state index is 7.18. The summed E-state index contributed by atoms with van der Waals surface area (Å²) in [6.45, 7) is 32.1. The highest BCUT2D eigenvalue weighted by molar-refractivity contribution is 6.19. The quantitative estimate of drug-likeness (QED) is 0.144. The fourth-order valence-corrected chi connectivity index (χ4v) is 11.6. The minimum Gasteiger partial charge on any atom is -0.455 e. The van der Waals surface area contributed by atoms with E-state index in [1.807, 2.05) is 0 Å². The molecule has 0 saturated carbocycles. The molecule has 9 aromatic rings. The molecule has 3 heteroatoms. The number of fused-ring (bicyclic) bond motifs is 7. The number of benzene rings is 8. The average molecular weight is 919 g/mol. The lowest BCUT2D eigenvalue weighted by Gasteiger charge is -2.31. The van der Waals surface area contributed by atoms with Gasteiger partial charge < -0.3 is 14.2 Å². The van der Waals surface area contributed by atoms with E-state index in [1.165, 1.54) is 94.6 Å². The van der Waals surface area contributed by atoms with Crippen LogP contribution in [0.5, 0.6) is 0 Å².